The van der Waals surface area contributed by atoms with E-state index in [2.05, 4.69) is 4.98 Å². The maximum absolute atomic E-state index is 13.2. The number of rotatable bonds is 3. The Balaban J connectivity index is 2.48. The van der Waals surface area contributed by atoms with Crippen molar-refractivity contribution in [2.75, 3.05) is 0 Å². The predicted octanol–water partition coefficient (Wildman–Crippen LogP) is 3.45. The Kier molecular flexibility index (Phi) is 3.77. The number of aromatic nitrogens is 1. The van der Waals surface area contributed by atoms with Gasteiger partial charge in [0, 0.05) is 18.3 Å². The molecule has 0 aliphatic heterocycles. The minimum atomic E-state index is -0.725. The molecule has 2 rings (SSSR count). The molecular weight excluding hydrogens is 289 g/mol. The van der Waals surface area contributed by atoms with E-state index in [4.69, 9.17) is 21.6 Å². The summed E-state index contributed by atoms with van der Waals surface area (Å²) in [4.78, 5) is 13.9. The SMILES string of the molecule is N#Cc1ccnc(Oc2cc(F)ccc2[N+](=O)[O-])c1Cl. The van der Waals surface area contributed by atoms with Gasteiger partial charge in [-0.3, -0.25) is 10.1 Å². The van der Waals surface area contributed by atoms with E-state index < -0.39 is 16.4 Å². The number of nitrogens with zero attached hydrogens (tertiary/aromatic N) is 3. The highest BCUT2D eigenvalue weighted by Crippen LogP contribution is 2.34. The zero-order valence-corrected chi connectivity index (χ0v) is 10.5. The number of hydrogen-bond donors (Lipinski definition) is 0. The molecule has 20 heavy (non-hydrogen) atoms. The number of hydrogen-bond acceptors (Lipinski definition) is 5. The van der Waals surface area contributed by atoms with Crippen LogP contribution in [0.25, 0.3) is 0 Å². The van der Waals surface area contributed by atoms with Gasteiger partial charge in [0.2, 0.25) is 11.6 Å². The Morgan fingerprint density at radius 3 is 2.85 bits per heavy atom. The first-order valence-corrected chi connectivity index (χ1v) is 5.57. The summed E-state index contributed by atoms with van der Waals surface area (Å²) in [6, 6.07) is 5.91. The van der Waals surface area contributed by atoms with E-state index in [1.165, 1.54) is 12.3 Å². The smallest absolute Gasteiger partial charge is 0.311 e. The lowest BCUT2D eigenvalue weighted by molar-refractivity contribution is -0.385. The summed E-state index contributed by atoms with van der Waals surface area (Å²) >= 11 is 5.86. The first-order chi connectivity index (χ1) is 9.52. The number of halogens is 2. The van der Waals surface area contributed by atoms with Crippen LogP contribution in [0.3, 0.4) is 0 Å². The highest BCUT2D eigenvalue weighted by molar-refractivity contribution is 6.33. The number of benzene rings is 1. The van der Waals surface area contributed by atoms with Crippen molar-refractivity contribution in [2.45, 2.75) is 0 Å². The monoisotopic (exact) mass is 293 g/mol. The number of ether oxygens (including phenoxy) is 1. The maximum atomic E-state index is 13.2. The van der Waals surface area contributed by atoms with Gasteiger partial charge in [0.25, 0.3) is 0 Å². The van der Waals surface area contributed by atoms with Gasteiger partial charge in [-0.25, -0.2) is 9.37 Å². The van der Waals surface area contributed by atoms with Crippen LogP contribution in [0.5, 0.6) is 11.6 Å². The minimum Gasteiger partial charge on any atom is -0.430 e. The molecule has 0 radical (unpaired) electrons. The molecule has 0 amide bonds. The third kappa shape index (κ3) is 2.65. The van der Waals surface area contributed by atoms with Crippen molar-refractivity contribution in [2.24, 2.45) is 0 Å². The Morgan fingerprint density at radius 1 is 1.45 bits per heavy atom. The molecule has 1 aromatic carbocycles. The molecule has 100 valence electrons. The summed E-state index contributed by atoms with van der Waals surface area (Å²) in [5.41, 5.74) is -0.345. The highest BCUT2D eigenvalue weighted by atomic mass is 35.5. The molecular formula is C12H5ClFN3O3. The zero-order valence-electron chi connectivity index (χ0n) is 9.71. The molecule has 0 saturated carbocycles. The molecule has 0 fully saturated rings. The van der Waals surface area contributed by atoms with Crippen LogP contribution in [-0.4, -0.2) is 9.91 Å². The zero-order chi connectivity index (χ0) is 14.7. The third-order valence-electron chi connectivity index (χ3n) is 2.30. The summed E-state index contributed by atoms with van der Waals surface area (Å²) in [5.74, 6) is -1.27. The lowest BCUT2D eigenvalue weighted by atomic mass is 10.3. The average Bonchev–Trinajstić information content (AvgIpc) is 2.41. The molecule has 0 unspecified atom stereocenters. The summed E-state index contributed by atoms with van der Waals surface area (Å²) in [6.07, 6.45) is 1.25. The number of nitro benzene ring substituents is 1. The van der Waals surface area contributed by atoms with Crippen LogP contribution < -0.4 is 4.74 Å². The van der Waals surface area contributed by atoms with Crippen LogP contribution in [0.1, 0.15) is 5.56 Å². The van der Waals surface area contributed by atoms with Crippen molar-refractivity contribution >= 4 is 17.3 Å². The van der Waals surface area contributed by atoms with Crippen LogP contribution >= 0.6 is 11.6 Å². The van der Waals surface area contributed by atoms with Gasteiger partial charge >= 0.3 is 5.69 Å². The first-order valence-electron chi connectivity index (χ1n) is 5.19. The van der Waals surface area contributed by atoms with Crippen molar-refractivity contribution in [3.63, 3.8) is 0 Å². The molecule has 1 heterocycles. The fourth-order valence-electron chi connectivity index (χ4n) is 1.41. The van der Waals surface area contributed by atoms with Gasteiger partial charge in [0.1, 0.15) is 16.9 Å². The largest absolute Gasteiger partial charge is 0.430 e. The second-order valence-electron chi connectivity index (χ2n) is 3.56. The lowest BCUT2D eigenvalue weighted by Gasteiger charge is -2.07. The molecule has 0 N–H and O–H groups in total. The molecule has 0 bridgehead atoms. The van der Waals surface area contributed by atoms with Crippen LogP contribution in [-0.2, 0) is 0 Å². The summed E-state index contributed by atoms with van der Waals surface area (Å²) in [6.45, 7) is 0. The van der Waals surface area contributed by atoms with Gasteiger partial charge < -0.3 is 4.74 Å². The molecule has 0 aliphatic carbocycles. The van der Waals surface area contributed by atoms with Crippen molar-refractivity contribution in [1.82, 2.24) is 4.98 Å². The summed E-state index contributed by atoms with van der Waals surface area (Å²) in [7, 11) is 0. The normalized spacial score (nSPS) is 9.85. The Labute approximate surface area is 117 Å². The van der Waals surface area contributed by atoms with Gasteiger partial charge in [0.05, 0.1) is 10.5 Å². The molecule has 1 aromatic heterocycles. The lowest BCUT2D eigenvalue weighted by Crippen LogP contribution is -1.96. The number of pyridine rings is 1. The second-order valence-corrected chi connectivity index (χ2v) is 3.94. The van der Waals surface area contributed by atoms with E-state index in [0.717, 1.165) is 18.2 Å². The molecule has 2 aromatic rings. The summed E-state index contributed by atoms with van der Waals surface area (Å²) in [5, 5.41) is 19.5. The van der Waals surface area contributed by atoms with Crippen LogP contribution in [0.4, 0.5) is 10.1 Å². The van der Waals surface area contributed by atoms with E-state index in [9.17, 15) is 14.5 Å². The van der Waals surface area contributed by atoms with Crippen molar-refractivity contribution in [3.8, 4) is 17.7 Å². The quantitative estimate of drug-likeness (QED) is 0.638. The van der Waals surface area contributed by atoms with Gasteiger partial charge in [-0.05, 0) is 12.1 Å². The first kappa shape index (κ1) is 13.7. The Bertz CT molecular complexity index is 730. The van der Waals surface area contributed by atoms with Crippen molar-refractivity contribution in [1.29, 1.82) is 5.26 Å². The molecule has 0 aliphatic rings. The highest BCUT2D eigenvalue weighted by Gasteiger charge is 2.19. The molecule has 0 saturated heterocycles. The molecule has 8 heteroatoms. The fourth-order valence-corrected chi connectivity index (χ4v) is 1.60. The standard InChI is InChI=1S/C12H5ClFN3O3/c13-11-7(6-15)3-4-16-12(11)20-10-5-8(14)1-2-9(10)17(18)19/h1-5H. The molecule has 0 atom stereocenters. The van der Waals surface area contributed by atoms with Crippen molar-refractivity contribution < 1.29 is 14.1 Å². The summed E-state index contributed by atoms with van der Waals surface area (Å²) < 4.78 is 18.3. The van der Waals surface area contributed by atoms with Gasteiger partial charge in [-0.2, -0.15) is 5.26 Å². The maximum Gasteiger partial charge on any atom is 0.311 e. The van der Waals surface area contributed by atoms with Gasteiger partial charge in [-0.15, -0.1) is 0 Å². The van der Waals surface area contributed by atoms with E-state index in [1.807, 2.05) is 6.07 Å². The predicted molar refractivity (Wildman–Crippen MR) is 67.1 cm³/mol. The van der Waals surface area contributed by atoms with E-state index >= 15 is 0 Å². The Morgan fingerprint density at radius 2 is 2.20 bits per heavy atom. The topological polar surface area (TPSA) is 89.0 Å². The number of nitriles is 1. The van der Waals surface area contributed by atoms with Crippen LogP contribution in [0.2, 0.25) is 5.02 Å². The van der Waals surface area contributed by atoms with Crippen molar-refractivity contribution in [3.05, 3.63) is 57.0 Å². The van der Waals surface area contributed by atoms with Gasteiger partial charge in [-0.1, -0.05) is 11.6 Å². The Hall–Kier alpha value is -2.72. The minimum absolute atomic E-state index is 0.0933. The molecule has 0 spiro atoms. The van der Waals surface area contributed by atoms with E-state index in [-0.39, 0.29) is 22.2 Å². The van der Waals surface area contributed by atoms with Crippen LogP contribution in [0.15, 0.2) is 30.5 Å². The number of nitro groups is 1. The average molecular weight is 294 g/mol. The second kappa shape index (κ2) is 5.50. The third-order valence-corrected chi connectivity index (χ3v) is 2.67. The van der Waals surface area contributed by atoms with Crippen LogP contribution in [0, 0.1) is 27.3 Å². The van der Waals surface area contributed by atoms with E-state index in [1.54, 1.807) is 0 Å². The molecule has 6 nitrogen and oxygen atoms in total. The van der Waals surface area contributed by atoms with Gasteiger partial charge in [0.15, 0.2) is 0 Å². The fraction of sp³-hybridized carbons (Fsp3) is 0. The van der Waals surface area contributed by atoms with E-state index in [0.29, 0.717) is 0 Å².